The molecule has 0 aliphatic heterocycles. The normalized spacial score (nSPS) is 11.9. The third-order valence-electron chi connectivity index (χ3n) is 4.77. The number of carbonyl (C=O) groups is 2. The summed E-state index contributed by atoms with van der Waals surface area (Å²) in [6.45, 7) is 6.65. The molecule has 2 aromatic carbocycles. The van der Waals surface area contributed by atoms with Gasteiger partial charge in [-0.2, -0.15) is 0 Å². The second kappa shape index (κ2) is 11.2. The zero-order valence-electron chi connectivity index (χ0n) is 18.2. The summed E-state index contributed by atoms with van der Waals surface area (Å²) < 4.78 is 1.94. The lowest BCUT2D eigenvalue weighted by Crippen LogP contribution is -2.33. The van der Waals surface area contributed by atoms with E-state index >= 15 is 0 Å². The van der Waals surface area contributed by atoms with Crippen molar-refractivity contribution in [3.63, 3.8) is 0 Å². The van der Waals surface area contributed by atoms with Crippen molar-refractivity contribution in [2.45, 2.75) is 38.5 Å². The van der Waals surface area contributed by atoms with Crippen LogP contribution in [0.1, 0.15) is 43.0 Å². The minimum atomic E-state index is -0.315. The van der Waals surface area contributed by atoms with Crippen molar-refractivity contribution in [3.05, 3.63) is 71.0 Å². The summed E-state index contributed by atoms with van der Waals surface area (Å²) in [4.78, 5) is 25.1. The lowest BCUT2D eigenvalue weighted by atomic mass is 10.0. The summed E-state index contributed by atoms with van der Waals surface area (Å²) in [7, 11) is 0. The van der Waals surface area contributed by atoms with Crippen LogP contribution in [0.15, 0.2) is 59.8 Å². The van der Waals surface area contributed by atoms with Gasteiger partial charge in [-0.3, -0.25) is 9.59 Å². The summed E-state index contributed by atoms with van der Waals surface area (Å²) in [5.41, 5.74) is 1.23. The number of hydrogen-bond donors (Lipinski definition) is 2. The van der Waals surface area contributed by atoms with Gasteiger partial charge in [-0.25, -0.2) is 0 Å². The number of rotatable bonds is 9. The van der Waals surface area contributed by atoms with Crippen molar-refractivity contribution in [3.8, 4) is 0 Å². The molecule has 0 aliphatic carbocycles. The average Bonchev–Trinajstić information content (AvgIpc) is 3.18. The Hall–Kier alpha value is -2.84. The van der Waals surface area contributed by atoms with Crippen LogP contribution in [0.25, 0.3) is 0 Å². The number of carbonyl (C=O) groups excluding carboxylic acids is 2. The molecule has 1 aromatic heterocycles. The summed E-state index contributed by atoms with van der Waals surface area (Å²) >= 11 is 7.27. The van der Waals surface area contributed by atoms with E-state index in [2.05, 4.69) is 20.8 Å². The molecule has 2 N–H and O–H groups in total. The summed E-state index contributed by atoms with van der Waals surface area (Å²) in [6, 6.07) is 15.8. The van der Waals surface area contributed by atoms with Gasteiger partial charge in [-0.1, -0.05) is 61.5 Å². The minimum absolute atomic E-state index is 0.0983. The highest BCUT2D eigenvalue weighted by atomic mass is 35.5. The molecule has 0 saturated heterocycles. The van der Waals surface area contributed by atoms with E-state index in [1.165, 1.54) is 11.8 Å². The fourth-order valence-corrected chi connectivity index (χ4v) is 4.17. The molecule has 0 saturated carbocycles. The van der Waals surface area contributed by atoms with E-state index in [1.807, 2.05) is 43.5 Å². The summed E-state index contributed by atoms with van der Waals surface area (Å²) in [6.07, 6.45) is 0. The Morgan fingerprint density at radius 3 is 2.50 bits per heavy atom. The molecule has 0 radical (unpaired) electrons. The quantitative estimate of drug-likeness (QED) is 0.437. The van der Waals surface area contributed by atoms with Gasteiger partial charge in [-0.05, 0) is 43.2 Å². The highest BCUT2D eigenvalue weighted by molar-refractivity contribution is 7.99. The molecule has 7 nitrogen and oxygen atoms in total. The predicted octanol–water partition coefficient (Wildman–Crippen LogP) is 4.81. The van der Waals surface area contributed by atoms with Crippen LogP contribution in [-0.2, 0) is 11.3 Å². The van der Waals surface area contributed by atoms with Crippen molar-refractivity contribution < 1.29 is 9.59 Å². The topological polar surface area (TPSA) is 88.9 Å². The maximum Gasteiger partial charge on any atom is 0.251 e. The SMILES string of the molecule is CCn1c(SCC(=O)Nc2cccc(Cl)c2)nnc1C(NC(=O)c1ccccc1)C(C)C. The monoisotopic (exact) mass is 471 g/mol. The van der Waals surface area contributed by atoms with Crippen molar-refractivity contribution in [1.29, 1.82) is 0 Å². The van der Waals surface area contributed by atoms with Crippen molar-refractivity contribution >= 4 is 40.9 Å². The first-order chi connectivity index (χ1) is 15.4. The summed E-state index contributed by atoms with van der Waals surface area (Å²) in [5.74, 6) is 0.617. The minimum Gasteiger partial charge on any atom is -0.342 e. The third kappa shape index (κ3) is 6.11. The zero-order valence-corrected chi connectivity index (χ0v) is 19.8. The second-order valence-electron chi connectivity index (χ2n) is 7.49. The second-order valence-corrected chi connectivity index (χ2v) is 8.87. The Morgan fingerprint density at radius 2 is 1.84 bits per heavy atom. The largest absolute Gasteiger partial charge is 0.342 e. The van der Waals surface area contributed by atoms with E-state index < -0.39 is 0 Å². The van der Waals surface area contributed by atoms with Crippen LogP contribution in [0, 0.1) is 5.92 Å². The molecular formula is C23H26ClN5O2S. The Kier molecular flexibility index (Phi) is 8.30. The molecular weight excluding hydrogens is 446 g/mol. The molecule has 1 atom stereocenters. The van der Waals surface area contributed by atoms with Gasteiger partial charge in [0.1, 0.15) is 0 Å². The summed E-state index contributed by atoms with van der Waals surface area (Å²) in [5, 5.41) is 15.7. The Balaban J connectivity index is 1.70. The van der Waals surface area contributed by atoms with Crippen LogP contribution < -0.4 is 10.6 Å². The number of halogens is 1. The average molecular weight is 472 g/mol. The van der Waals surface area contributed by atoms with Gasteiger partial charge in [0.25, 0.3) is 5.91 Å². The van der Waals surface area contributed by atoms with Gasteiger partial charge in [0.2, 0.25) is 5.91 Å². The molecule has 0 bridgehead atoms. The smallest absolute Gasteiger partial charge is 0.251 e. The molecule has 1 unspecified atom stereocenters. The number of benzene rings is 2. The zero-order chi connectivity index (χ0) is 23.1. The van der Waals surface area contributed by atoms with Crippen LogP contribution in [-0.4, -0.2) is 32.3 Å². The van der Waals surface area contributed by atoms with E-state index in [0.717, 1.165) is 0 Å². The van der Waals surface area contributed by atoms with E-state index in [0.29, 0.717) is 33.8 Å². The molecule has 1 heterocycles. The van der Waals surface area contributed by atoms with Gasteiger partial charge >= 0.3 is 0 Å². The Labute approximate surface area is 197 Å². The van der Waals surface area contributed by atoms with Crippen LogP contribution in [0.2, 0.25) is 5.02 Å². The predicted molar refractivity (Wildman–Crippen MR) is 128 cm³/mol. The van der Waals surface area contributed by atoms with Gasteiger partial charge in [0.05, 0.1) is 11.8 Å². The highest BCUT2D eigenvalue weighted by Crippen LogP contribution is 2.26. The fraction of sp³-hybridized carbons (Fsp3) is 0.304. The number of nitrogens with one attached hydrogen (secondary N) is 2. The van der Waals surface area contributed by atoms with Crippen LogP contribution in [0.5, 0.6) is 0 Å². The number of anilines is 1. The lowest BCUT2D eigenvalue weighted by molar-refractivity contribution is -0.113. The number of amides is 2. The number of aromatic nitrogens is 3. The molecule has 9 heteroatoms. The first kappa shape index (κ1) is 23.8. The van der Waals surface area contributed by atoms with Crippen molar-refractivity contribution in [2.75, 3.05) is 11.1 Å². The maximum atomic E-state index is 12.7. The molecule has 168 valence electrons. The molecule has 0 fully saturated rings. The van der Waals surface area contributed by atoms with Crippen molar-refractivity contribution in [1.82, 2.24) is 20.1 Å². The number of thioether (sulfide) groups is 1. The van der Waals surface area contributed by atoms with Crippen LogP contribution in [0.4, 0.5) is 5.69 Å². The van der Waals surface area contributed by atoms with E-state index in [4.69, 9.17) is 11.6 Å². The fourth-order valence-electron chi connectivity index (χ4n) is 3.17. The first-order valence-electron chi connectivity index (χ1n) is 10.4. The van der Waals surface area contributed by atoms with Gasteiger partial charge in [-0.15, -0.1) is 10.2 Å². The number of hydrogen-bond acceptors (Lipinski definition) is 5. The first-order valence-corrected chi connectivity index (χ1v) is 11.7. The third-order valence-corrected chi connectivity index (χ3v) is 5.97. The Bertz CT molecular complexity index is 1070. The van der Waals surface area contributed by atoms with Gasteiger partial charge in [0.15, 0.2) is 11.0 Å². The molecule has 3 aromatic rings. The van der Waals surface area contributed by atoms with Crippen molar-refractivity contribution in [2.24, 2.45) is 5.92 Å². The highest BCUT2D eigenvalue weighted by Gasteiger charge is 2.26. The van der Waals surface area contributed by atoms with Gasteiger partial charge in [0, 0.05) is 22.8 Å². The molecule has 0 aliphatic rings. The lowest BCUT2D eigenvalue weighted by Gasteiger charge is -2.22. The van der Waals surface area contributed by atoms with E-state index in [-0.39, 0.29) is 29.5 Å². The molecule has 2 amide bonds. The van der Waals surface area contributed by atoms with Crippen LogP contribution >= 0.6 is 23.4 Å². The standard InChI is InChI=1S/C23H26ClN5O2S/c1-4-29-21(20(15(2)3)26-22(31)16-9-6-5-7-10-16)27-28-23(29)32-14-19(30)25-18-12-8-11-17(24)13-18/h5-13,15,20H,4,14H2,1-3H3,(H,25,30)(H,26,31). The van der Waals surface area contributed by atoms with E-state index in [1.54, 1.807) is 36.4 Å². The molecule has 3 rings (SSSR count). The molecule has 32 heavy (non-hydrogen) atoms. The van der Waals surface area contributed by atoms with Gasteiger partial charge < -0.3 is 15.2 Å². The Morgan fingerprint density at radius 1 is 1.09 bits per heavy atom. The maximum absolute atomic E-state index is 12.7. The molecule has 0 spiro atoms. The van der Waals surface area contributed by atoms with Crippen LogP contribution in [0.3, 0.4) is 0 Å². The van der Waals surface area contributed by atoms with E-state index in [9.17, 15) is 9.59 Å². The number of nitrogens with zero attached hydrogens (tertiary/aromatic N) is 3.